The first-order valence-corrected chi connectivity index (χ1v) is 6.25. The second-order valence-electron chi connectivity index (χ2n) is 3.52. The van der Waals surface area contributed by atoms with Crippen LogP contribution in [-0.2, 0) is 11.3 Å². The van der Waals surface area contributed by atoms with Crippen LogP contribution < -0.4 is 5.32 Å². The molecule has 0 radical (unpaired) electrons. The van der Waals surface area contributed by atoms with Crippen LogP contribution in [0, 0.1) is 5.82 Å². The van der Waals surface area contributed by atoms with Crippen LogP contribution >= 0.6 is 15.9 Å². The van der Waals surface area contributed by atoms with E-state index in [1.807, 2.05) is 0 Å². The SMILES string of the molecule is CCCOCCNCc1cc(F)ccc1Br. The second-order valence-corrected chi connectivity index (χ2v) is 4.38. The number of rotatable bonds is 7. The van der Waals surface area contributed by atoms with Crippen molar-refractivity contribution in [3.05, 3.63) is 34.1 Å². The standard InChI is InChI=1S/C12H17BrFNO/c1-2-6-16-7-5-15-9-10-8-11(14)3-4-12(10)13/h3-4,8,15H,2,5-7,9H2,1H3. The van der Waals surface area contributed by atoms with Gasteiger partial charge in [0, 0.05) is 24.2 Å². The van der Waals surface area contributed by atoms with Crippen molar-refractivity contribution in [1.29, 1.82) is 0 Å². The van der Waals surface area contributed by atoms with Crippen LogP contribution in [0.25, 0.3) is 0 Å². The fourth-order valence-electron chi connectivity index (χ4n) is 1.29. The molecule has 1 aromatic rings. The van der Waals surface area contributed by atoms with Gasteiger partial charge < -0.3 is 10.1 Å². The van der Waals surface area contributed by atoms with Crippen molar-refractivity contribution in [2.75, 3.05) is 19.8 Å². The Bertz CT molecular complexity index is 320. The Morgan fingerprint density at radius 1 is 1.38 bits per heavy atom. The largest absolute Gasteiger partial charge is 0.380 e. The van der Waals surface area contributed by atoms with Gasteiger partial charge >= 0.3 is 0 Å². The van der Waals surface area contributed by atoms with Crippen LogP contribution in [-0.4, -0.2) is 19.8 Å². The smallest absolute Gasteiger partial charge is 0.123 e. The molecule has 4 heteroatoms. The third-order valence-electron chi connectivity index (χ3n) is 2.09. The molecular weight excluding hydrogens is 273 g/mol. The van der Waals surface area contributed by atoms with E-state index in [-0.39, 0.29) is 5.82 Å². The first-order chi connectivity index (χ1) is 7.74. The topological polar surface area (TPSA) is 21.3 Å². The Hall–Kier alpha value is -0.450. The Balaban J connectivity index is 2.23. The third kappa shape index (κ3) is 5.05. The van der Waals surface area contributed by atoms with Gasteiger partial charge in [-0.05, 0) is 30.2 Å². The zero-order chi connectivity index (χ0) is 11.8. The molecule has 1 aromatic carbocycles. The summed E-state index contributed by atoms with van der Waals surface area (Å²) in [6, 6.07) is 4.70. The molecule has 0 aliphatic rings. The van der Waals surface area contributed by atoms with E-state index in [1.54, 1.807) is 6.07 Å². The summed E-state index contributed by atoms with van der Waals surface area (Å²) in [4.78, 5) is 0. The molecule has 1 rings (SSSR count). The summed E-state index contributed by atoms with van der Waals surface area (Å²) >= 11 is 3.39. The van der Waals surface area contributed by atoms with Crippen molar-refractivity contribution in [2.45, 2.75) is 19.9 Å². The highest BCUT2D eigenvalue weighted by Crippen LogP contribution is 2.17. The van der Waals surface area contributed by atoms with Gasteiger partial charge in [0.25, 0.3) is 0 Å². The minimum Gasteiger partial charge on any atom is -0.380 e. The molecule has 0 atom stereocenters. The van der Waals surface area contributed by atoms with E-state index >= 15 is 0 Å². The molecule has 0 amide bonds. The number of hydrogen-bond donors (Lipinski definition) is 1. The van der Waals surface area contributed by atoms with Crippen molar-refractivity contribution in [3.8, 4) is 0 Å². The highest BCUT2D eigenvalue weighted by atomic mass is 79.9. The van der Waals surface area contributed by atoms with Gasteiger partial charge in [-0.25, -0.2) is 4.39 Å². The molecule has 1 N–H and O–H groups in total. The van der Waals surface area contributed by atoms with E-state index in [0.717, 1.165) is 29.6 Å². The van der Waals surface area contributed by atoms with E-state index in [4.69, 9.17) is 4.74 Å². The number of nitrogens with one attached hydrogen (secondary N) is 1. The summed E-state index contributed by atoms with van der Waals surface area (Å²) in [6.45, 7) is 5.00. The van der Waals surface area contributed by atoms with Gasteiger partial charge in [-0.3, -0.25) is 0 Å². The summed E-state index contributed by atoms with van der Waals surface area (Å²) in [5.41, 5.74) is 0.926. The zero-order valence-corrected chi connectivity index (χ0v) is 11.0. The van der Waals surface area contributed by atoms with Gasteiger partial charge in [-0.2, -0.15) is 0 Å². The fraction of sp³-hybridized carbons (Fsp3) is 0.500. The molecule has 90 valence electrons. The molecule has 0 bridgehead atoms. The second kappa shape index (κ2) is 7.76. The van der Waals surface area contributed by atoms with Crippen molar-refractivity contribution in [3.63, 3.8) is 0 Å². The van der Waals surface area contributed by atoms with Gasteiger partial charge in [0.2, 0.25) is 0 Å². The van der Waals surface area contributed by atoms with Gasteiger partial charge in [-0.1, -0.05) is 22.9 Å². The molecule has 0 heterocycles. The first-order valence-electron chi connectivity index (χ1n) is 5.46. The quantitative estimate of drug-likeness (QED) is 0.779. The van der Waals surface area contributed by atoms with Crippen LogP contribution in [0.2, 0.25) is 0 Å². The molecule has 0 fully saturated rings. The average Bonchev–Trinajstić information content (AvgIpc) is 2.28. The Labute approximate surface area is 104 Å². The summed E-state index contributed by atoms with van der Waals surface area (Å²) in [5.74, 6) is -0.206. The van der Waals surface area contributed by atoms with Crippen molar-refractivity contribution < 1.29 is 9.13 Å². The summed E-state index contributed by atoms with van der Waals surface area (Å²) in [7, 11) is 0. The van der Waals surface area contributed by atoms with Crippen LogP contribution in [0.15, 0.2) is 22.7 Å². The maximum Gasteiger partial charge on any atom is 0.123 e. The third-order valence-corrected chi connectivity index (χ3v) is 2.87. The normalized spacial score (nSPS) is 10.7. The Kier molecular flexibility index (Phi) is 6.61. The van der Waals surface area contributed by atoms with Gasteiger partial charge in [0.15, 0.2) is 0 Å². The lowest BCUT2D eigenvalue weighted by atomic mass is 10.2. The van der Waals surface area contributed by atoms with Crippen LogP contribution in [0.1, 0.15) is 18.9 Å². The molecular formula is C12H17BrFNO. The average molecular weight is 290 g/mol. The molecule has 0 saturated carbocycles. The van der Waals surface area contributed by atoms with Gasteiger partial charge in [0.05, 0.1) is 6.61 Å². The van der Waals surface area contributed by atoms with Crippen molar-refractivity contribution >= 4 is 15.9 Å². The zero-order valence-electron chi connectivity index (χ0n) is 9.43. The predicted octanol–water partition coefficient (Wildman–Crippen LogP) is 3.10. The number of benzene rings is 1. The number of halogens is 2. The summed E-state index contributed by atoms with van der Waals surface area (Å²) < 4.78 is 19.2. The van der Waals surface area contributed by atoms with Gasteiger partial charge in [0.1, 0.15) is 5.82 Å². The van der Waals surface area contributed by atoms with Gasteiger partial charge in [-0.15, -0.1) is 0 Å². The maximum absolute atomic E-state index is 12.9. The summed E-state index contributed by atoms with van der Waals surface area (Å²) in [5, 5.41) is 3.21. The lowest BCUT2D eigenvalue weighted by Gasteiger charge is -2.07. The highest BCUT2D eigenvalue weighted by Gasteiger charge is 2.00. The first kappa shape index (κ1) is 13.6. The Morgan fingerprint density at radius 2 is 2.19 bits per heavy atom. The molecule has 0 unspecified atom stereocenters. The van der Waals surface area contributed by atoms with Crippen LogP contribution in [0.3, 0.4) is 0 Å². The van der Waals surface area contributed by atoms with E-state index < -0.39 is 0 Å². The lowest BCUT2D eigenvalue weighted by molar-refractivity contribution is 0.136. The number of ether oxygens (including phenoxy) is 1. The van der Waals surface area contributed by atoms with Crippen LogP contribution in [0.4, 0.5) is 4.39 Å². The van der Waals surface area contributed by atoms with E-state index in [1.165, 1.54) is 12.1 Å². The molecule has 0 aromatic heterocycles. The van der Waals surface area contributed by atoms with Crippen LogP contribution in [0.5, 0.6) is 0 Å². The molecule has 0 spiro atoms. The summed E-state index contributed by atoms with van der Waals surface area (Å²) in [6.07, 6.45) is 1.04. The van der Waals surface area contributed by atoms with E-state index in [2.05, 4.69) is 28.2 Å². The Morgan fingerprint density at radius 3 is 2.94 bits per heavy atom. The molecule has 0 aliphatic heterocycles. The molecule has 2 nitrogen and oxygen atoms in total. The maximum atomic E-state index is 12.9. The fourth-order valence-corrected chi connectivity index (χ4v) is 1.68. The molecule has 0 aliphatic carbocycles. The van der Waals surface area contributed by atoms with E-state index in [0.29, 0.717) is 13.2 Å². The monoisotopic (exact) mass is 289 g/mol. The van der Waals surface area contributed by atoms with E-state index in [9.17, 15) is 4.39 Å². The molecule has 16 heavy (non-hydrogen) atoms. The number of hydrogen-bond acceptors (Lipinski definition) is 2. The molecule has 0 saturated heterocycles. The lowest BCUT2D eigenvalue weighted by Crippen LogP contribution is -2.19. The minimum absolute atomic E-state index is 0.206. The predicted molar refractivity (Wildman–Crippen MR) is 66.9 cm³/mol. The van der Waals surface area contributed by atoms with Crippen molar-refractivity contribution in [2.24, 2.45) is 0 Å². The minimum atomic E-state index is -0.206. The highest BCUT2D eigenvalue weighted by molar-refractivity contribution is 9.10. The van der Waals surface area contributed by atoms with Crippen molar-refractivity contribution in [1.82, 2.24) is 5.32 Å².